The molecule has 1 heterocycles. The molecule has 1 fully saturated rings. The van der Waals surface area contributed by atoms with Gasteiger partial charge in [0.05, 0.1) is 19.3 Å². The van der Waals surface area contributed by atoms with Crippen molar-refractivity contribution in [3.05, 3.63) is 35.9 Å². The van der Waals surface area contributed by atoms with Gasteiger partial charge in [-0.1, -0.05) is 30.3 Å². The van der Waals surface area contributed by atoms with E-state index in [9.17, 15) is 4.79 Å². The van der Waals surface area contributed by atoms with Crippen LogP contribution in [-0.2, 0) is 16.1 Å². The highest BCUT2D eigenvalue weighted by atomic mass is 16.5. The monoisotopic (exact) mass is 248 g/mol. The zero-order chi connectivity index (χ0) is 12.8. The molecular weight excluding hydrogens is 228 g/mol. The van der Waals surface area contributed by atoms with Crippen LogP contribution in [0.25, 0.3) is 0 Å². The normalized spacial score (nSPS) is 20.6. The Morgan fingerprint density at radius 2 is 2.22 bits per heavy atom. The van der Waals surface area contributed by atoms with E-state index < -0.39 is 0 Å². The molecule has 1 aliphatic heterocycles. The molecule has 0 saturated carbocycles. The van der Waals surface area contributed by atoms with Gasteiger partial charge in [-0.05, 0) is 12.5 Å². The second-order valence-corrected chi connectivity index (χ2v) is 4.68. The second-order valence-electron chi connectivity index (χ2n) is 4.68. The maximum Gasteiger partial charge on any atom is 0.234 e. The lowest BCUT2D eigenvalue weighted by molar-refractivity contribution is -0.124. The summed E-state index contributed by atoms with van der Waals surface area (Å²) >= 11 is 0. The number of nitrogens with zero attached hydrogens (tertiary/aromatic N) is 1. The van der Waals surface area contributed by atoms with Crippen LogP contribution in [0.15, 0.2) is 30.3 Å². The summed E-state index contributed by atoms with van der Waals surface area (Å²) in [4.78, 5) is 13.9. The van der Waals surface area contributed by atoms with Crippen molar-refractivity contribution in [2.45, 2.75) is 19.6 Å². The van der Waals surface area contributed by atoms with Crippen LogP contribution < -0.4 is 5.32 Å². The molecule has 0 aliphatic carbocycles. The number of hydrogen-bond acceptors (Lipinski definition) is 3. The number of nitrogens with one attached hydrogen (secondary N) is 1. The summed E-state index contributed by atoms with van der Waals surface area (Å²) in [5.74, 6) is 0.0768. The summed E-state index contributed by atoms with van der Waals surface area (Å²) in [6.45, 7) is 5.48. The second kappa shape index (κ2) is 6.52. The lowest BCUT2D eigenvalue weighted by atomic mass is 10.2. The van der Waals surface area contributed by atoms with E-state index in [1.54, 1.807) is 0 Å². The third-order valence-electron chi connectivity index (χ3n) is 3.02. The molecular formula is C14H20N2O2. The number of hydrogen-bond donors (Lipinski definition) is 1. The van der Waals surface area contributed by atoms with Crippen molar-refractivity contribution in [1.29, 1.82) is 0 Å². The first-order valence-corrected chi connectivity index (χ1v) is 6.38. The number of benzene rings is 1. The molecule has 0 aromatic heterocycles. The predicted octanol–water partition coefficient (Wildman–Crippen LogP) is 1.02. The first-order valence-electron chi connectivity index (χ1n) is 6.38. The lowest BCUT2D eigenvalue weighted by Crippen LogP contribution is -2.45. The Hall–Kier alpha value is -1.39. The minimum absolute atomic E-state index is 0.0768. The van der Waals surface area contributed by atoms with E-state index in [2.05, 4.69) is 10.2 Å². The fourth-order valence-corrected chi connectivity index (χ4v) is 2.09. The molecule has 18 heavy (non-hydrogen) atoms. The van der Waals surface area contributed by atoms with Gasteiger partial charge in [0.1, 0.15) is 0 Å². The third-order valence-corrected chi connectivity index (χ3v) is 3.02. The van der Waals surface area contributed by atoms with Gasteiger partial charge in [0.2, 0.25) is 5.91 Å². The molecule has 98 valence electrons. The van der Waals surface area contributed by atoms with E-state index in [4.69, 9.17) is 4.74 Å². The van der Waals surface area contributed by atoms with Gasteiger partial charge in [0, 0.05) is 19.6 Å². The molecule has 0 spiro atoms. The van der Waals surface area contributed by atoms with Gasteiger partial charge in [-0.25, -0.2) is 0 Å². The molecule has 1 saturated heterocycles. The third kappa shape index (κ3) is 4.13. The molecule has 0 bridgehead atoms. The van der Waals surface area contributed by atoms with Crippen molar-refractivity contribution in [3.8, 4) is 0 Å². The summed E-state index contributed by atoms with van der Waals surface area (Å²) in [6, 6.07) is 9.95. The van der Waals surface area contributed by atoms with E-state index in [1.807, 2.05) is 37.3 Å². The maximum absolute atomic E-state index is 11.8. The number of morpholine rings is 1. The highest BCUT2D eigenvalue weighted by molar-refractivity contribution is 5.78. The maximum atomic E-state index is 11.8. The van der Waals surface area contributed by atoms with Crippen LogP contribution in [-0.4, -0.2) is 43.2 Å². The van der Waals surface area contributed by atoms with Crippen LogP contribution in [0.5, 0.6) is 0 Å². The van der Waals surface area contributed by atoms with Crippen molar-refractivity contribution >= 4 is 5.91 Å². The number of carbonyl (C=O) groups is 1. The summed E-state index contributed by atoms with van der Waals surface area (Å²) in [5, 5.41) is 2.94. The van der Waals surface area contributed by atoms with E-state index in [1.165, 1.54) is 0 Å². The molecule has 4 nitrogen and oxygen atoms in total. The average molecular weight is 248 g/mol. The van der Waals surface area contributed by atoms with Gasteiger partial charge < -0.3 is 10.1 Å². The first-order chi connectivity index (χ1) is 8.74. The zero-order valence-electron chi connectivity index (χ0n) is 10.8. The molecule has 1 amide bonds. The van der Waals surface area contributed by atoms with Crippen molar-refractivity contribution in [2.75, 3.05) is 26.2 Å². The van der Waals surface area contributed by atoms with Gasteiger partial charge in [0.25, 0.3) is 0 Å². The fraction of sp³-hybridized carbons (Fsp3) is 0.500. The van der Waals surface area contributed by atoms with E-state index >= 15 is 0 Å². The largest absolute Gasteiger partial charge is 0.376 e. The minimum atomic E-state index is 0.0768. The van der Waals surface area contributed by atoms with Gasteiger partial charge in [-0.2, -0.15) is 0 Å². The summed E-state index contributed by atoms with van der Waals surface area (Å²) in [7, 11) is 0. The van der Waals surface area contributed by atoms with E-state index in [0.29, 0.717) is 19.7 Å². The van der Waals surface area contributed by atoms with Gasteiger partial charge >= 0.3 is 0 Å². The number of rotatable bonds is 4. The van der Waals surface area contributed by atoms with Crippen LogP contribution in [0.2, 0.25) is 0 Å². The van der Waals surface area contributed by atoms with Crippen LogP contribution >= 0.6 is 0 Å². The van der Waals surface area contributed by atoms with Crippen LogP contribution in [0.3, 0.4) is 0 Å². The topological polar surface area (TPSA) is 41.6 Å². The average Bonchev–Trinajstić information content (AvgIpc) is 2.38. The van der Waals surface area contributed by atoms with Crippen molar-refractivity contribution < 1.29 is 9.53 Å². The lowest BCUT2D eigenvalue weighted by Gasteiger charge is -2.30. The quantitative estimate of drug-likeness (QED) is 0.865. The number of carbonyl (C=O) groups excluding carboxylic acids is 1. The first kappa shape index (κ1) is 13.1. The molecule has 1 aromatic rings. The summed E-state index contributed by atoms with van der Waals surface area (Å²) in [5.41, 5.74) is 1.13. The molecule has 2 rings (SSSR count). The van der Waals surface area contributed by atoms with E-state index in [-0.39, 0.29) is 12.0 Å². The molecule has 4 heteroatoms. The predicted molar refractivity (Wildman–Crippen MR) is 70.1 cm³/mol. The Morgan fingerprint density at radius 1 is 1.44 bits per heavy atom. The van der Waals surface area contributed by atoms with E-state index in [0.717, 1.165) is 18.7 Å². The molecule has 0 radical (unpaired) electrons. The number of ether oxygens (including phenoxy) is 1. The SMILES string of the molecule is C[C@@H]1CN(CC(=O)NCc2ccccc2)CCO1. The summed E-state index contributed by atoms with van der Waals surface area (Å²) in [6.07, 6.45) is 0.223. The van der Waals surface area contributed by atoms with Crippen LogP contribution in [0.1, 0.15) is 12.5 Å². The summed E-state index contributed by atoms with van der Waals surface area (Å²) < 4.78 is 5.45. The van der Waals surface area contributed by atoms with Crippen molar-refractivity contribution in [2.24, 2.45) is 0 Å². The van der Waals surface area contributed by atoms with Gasteiger partial charge in [0.15, 0.2) is 0 Å². The molecule has 1 aromatic carbocycles. The Labute approximate surface area is 108 Å². The Kier molecular flexibility index (Phi) is 4.73. The van der Waals surface area contributed by atoms with Crippen molar-refractivity contribution in [1.82, 2.24) is 10.2 Å². The Bertz CT molecular complexity index is 381. The number of amides is 1. The fourth-order valence-electron chi connectivity index (χ4n) is 2.09. The van der Waals surface area contributed by atoms with Gasteiger partial charge in [-0.15, -0.1) is 0 Å². The zero-order valence-corrected chi connectivity index (χ0v) is 10.8. The van der Waals surface area contributed by atoms with Crippen LogP contribution in [0.4, 0.5) is 0 Å². The van der Waals surface area contributed by atoms with Crippen LogP contribution in [0, 0.1) is 0 Å². The smallest absolute Gasteiger partial charge is 0.234 e. The molecule has 1 N–H and O–H groups in total. The molecule has 0 unspecified atom stereocenters. The highest BCUT2D eigenvalue weighted by Gasteiger charge is 2.18. The van der Waals surface area contributed by atoms with Crippen molar-refractivity contribution in [3.63, 3.8) is 0 Å². The highest BCUT2D eigenvalue weighted by Crippen LogP contribution is 2.03. The molecule has 1 atom stereocenters. The minimum Gasteiger partial charge on any atom is -0.376 e. The Morgan fingerprint density at radius 3 is 2.94 bits per heavy atom. The molecule has 1 aliphatic rings. The Balaban J connectivity index is 1.72. The standard InChI is InChI=1S/C14H20N2O2/c1-12-10-16(7-8-18-12)11-14(17)15-9-13-5-3-2-4-6-13/h2-6,12H,7-11H2,1H3,(H,15,17)/t12-/m1/s1. The van der Waals surface area contributed by atoms with Gasteiger partial charge in [-0.3, -0.25) is 9.69 Å².